The summed E-state index contributed by atoms with van der Waals surface area (Å²) >= 11 is 0. The van der Waals surface area contributed by atoms with E-state index in [0.717, 1.165) is 6.54 Å². The molecule has 6 heteroatoms. The Morgan fingerprint density at radius 2 is 1.54 bits per heavy atom. The predicted molar refractivity (Wildman–Crippen MR) is 39.8 cm³/mol. The fourth-order valence-corrected chi connectivity index (χ4v) is 0.184. The average Bonchev–Trinajstić information content (AvgIpc) is 1.88. The van der Waals surface area contributed by atoms with Crippen molar-refractivity contribution in [2.24, 2.45) is 0 Å². The van der Waals surface area contributed by atoms with Crippen molar-refractivity contribution < 1.29 is 45.6 Å². The van der Waals surface area contributed by atoms with Crippen molar-refractivity contribution in [3.05, 3.63) is 24.4 Å². The molecule has 0 aromatic rings. The molecular formula is C7H13NORe2Rf2-2. The zero-order valence-electron chi connectivity index (χ0n) is 8.31. The van der Waals surface area contributed by atoms with Crippen molar-refractivity contribution in [3.63, 3.8) is 0 Å². The Bertz CT molecular complexity index is 102. The van der Waals surface area contributed by atoms with Gasteiger partial charge in [-0.15, -0.1) is 0 Å². The van der Waals surface area contributed by atoms with Crippen LogP contribution in [0.1, 0.15) is 20.8 Å². The zero-order chi connectivity index (χ0) is 7.70. The Labute approximate surface area is 96.3 Å². The first-order valence-electron chi connectivity index (χ1n) is 2.95. The molecule has 0 heterocycles. The standard InChI is InChI=1S/C5H7NO.C2H6.2Re.2Rf/c1-5(7)3-2-4-6;1-2;;;;/h2-4,6H,1H3;1-2H3;;;;/q-2;;;;;/b3-2+;;;;;. The summed E-state index contributed by atoms with van der Waals surface area (Å²) < 4.78 is 0. The van der Waals surface area contributed by atoms with E-state index < -0.39 is 0 Å². The molecule has 13 heavy (non-hydrogen) atoms. The third kappa shape index (κ3) is 118. The summed E-state index contributed by atoms with van der Waals surface area (Å²) in [5.74, 6) is -0.0245. The second kappa shape index (κ2) is 46.4. The van der Waals surface area contributed by atoms with Crippen LogP contribution < -0.4 is 0 Å². The molecule has 2 radical (unpaired) electrons. The normalized spacial score (nSPS) is 5.54. The minimum Gasteiger partial charge on any atom is -0.746 e. The van der Waals surface area contributed by atoms with Crippen molar-refractivity contribution in [1.82, 2.24) is 0 Å². The molecule has 0 atom stereocenters. The van der Waals surface area contributed by atoms with Crippen LogP contribution in [0.5, 0.6) is 0 Å². The number of nitrogens with one attached hydrogen (secondary N) is 1. The Morgan fingerprint density at radius 1 is 1.23 bits per heavy atom. The van der Waals surface area contributed by atoms with Crippen molar-refractivity contribution in [2.75, 3.05) is 0 Å². The van der Waals surface area contributed by atoms with E-state index in [0.29, 0.717) is 0 Å². The third-order valence-electron chi connectivity index (χ3n) is 0.427. The van der Waals surface area contributed by atoms with E-state index in [1.54, 1.807) is 0 Å². The first-order valence-corrected chi connectivity index (χ1v) is 2.95. The maximum absolute atomic E-state index is 10.0. The van der Waals surface area contributed by atoms with E-state index in [4.69, 9.17) is 5.73 Å². The van der Waals surface area contributed by atoms with Crippen LogP contribution in [0.2, 0.25) is 0 Å². The first-order chi connectivity index (χ1) is 4.27. The van der Waals surface area contributed by atoms with Crippen LogP contribution in [-0.4, -0.2) is 5.78 Å². The van der Waals surface area contributed by atoms with Crippen molar-refractivity contribution in [1.29, 1.82) is 0 Å². The van der Waals surface area contributed by atoms with Crippen LogP contribution in [0.15, 0.2) is 12.2 Å². The van der Waals surface area contributed by atoms with Crippen LogP contribution in [-0.2, 0) is 45.6 Å². The molecule has 1 N–H and O–H groups in total. The second-order valence-corrected chi connectivity index (χ2v) is 1.14. The quantitative estimate of drug-likeness (QED) is 0.310. The van der Waals surface area contributed by atoms with Crippen LogP contribution >= 0.6 is 0 Å². The van der Waals surface area contributed by atoms with Crippen LogP contribution in [0, 0.1) is 6.54 Å². The van der Waals surface area contributed by atoms with Gasteiger partial charge in [-0.25, -0.2) is 6.08 Å². The molecule has 2 nitrogen and oxygen atoms in total. The summed E-state index contributed by atoms with van der Waals surface area (Å²) in [5, 5.41) is 0. The molecule has 0 rings (SSSR count). The molecule has 0 aromatic heterocycles. The average molecular weight is 1030 g/mol. The van der Waals surface area contributed by atoms with Gasteiger partial charge in [0.25, 0.3) is 0 Å². The number of carbonyl (C=O) groups is 1. The Morgan fingerprint density at radius 3 is 1.62 bits per heavy atom. The Balaban J connectivity index is -0.0000000191. The monoisotopic (exact) mass is 1040 g/mol. The van der Waals surface area contributed by atoms with Gasteiger partial charge in [0.05, 0.1) is 5.78 Å². The summed E-state index contributed by atoms with van der Waals surface area (Å²) in [5.41, 5.74) is 6.43. The number of ketones is 1. The third-order valence-corrected chi connectivity index (χ3v) is 0.427. The maximum atomic E-state index is 10.0. The second-order valence-electron chi connectivity index (χ2n) is 1.14. The van der Waals surface area contributed by atoms with Gasteiger partial charge in [-0.05, 0) is 6.92 Å². The summed E-state index contributed by atoms with van der Waals surface area (Å²) in [6.07, 6.45) is 2.73. The minimum absolute atomic E-state index is 0. The van der Waals surface area contributed by atoms with E-state index in [1.807, 2.05) is 13.8 Å². The zero-order valence-corrected chi connectivity index (χ0v) is 26.5. The molecule has 0 bridgehead atoms. The first kappa shape index (κ1) is 41.7. The Hall–Kier alpha value is -1.44. The SMILES string of the molecule is CC.CC(=O)/C=C/[CH-][NH-].[Re].[Re].[Rf].[Rf]. The molecule has 0 aliphatic heterocycles. The molecule has 0 fully saturated rings. The van der Waals surface area contributed by atoms with Gasteiger partial charge < -0.3 is 17.1 Å². The van der Waals surface area contributed by atoms with E-state index in [9.17, 15) is 4.79 Å². The van der Waals surface area contributed by atoms with Gasteiger partial charge in [-0.3, -0.25) is 0 Å². The molecule has 0 aliphatic carbocycles. The summed E-state index contributed by atoms with van der Waals surface area (Å²) in [7, 11) is 0. The molecule has 0 amide bonds. The van der Waals surface area contributed by atoms with Crippen LogP contribution in [0.3, 0.4) is 0 Å². The van der Waals surface area contributed by atoms with E-state index in [1.165, 1.54) is 19.1 Å². The smallest absolute Gasteiger partial charge is 0.0732 e. The summed E-state index contributed by atoms with van der Waals surface area (Å²) in [6.45, 7) is 6.52. The van der Waals surface area contributed by atoms with Crippen molar-refractivity contribution in [3.8, 4) is 0 Å². The largest absolute Gasteiger partial charge is 0.746 e. The van der Waals surface area contributed by atoms with Gasteiger partial charge in [0.15, 0.2) is 0 Å². The molecule has 72 valence electrons. The van der Waals surface area contributed by atoms with Gasteiger partial charge in [0.1, 0.15) is 0 Å². The molecule has 0 spiro atoms. The predicted octanol–water partition coefficient (Wildman–Crippen LogP) is 2.37. The number of rotatable bonds is 2. The van der Waals surface area contributed by atoms with E-state index in [2.05, 4.69) is 0 Å². The number of carbonyl (C=O) groups excluding carboxylic acids is 1. The number of allylic oxidation sites excluding steroid dienone is 1. The van der Waals surface area contributed by atoms with Crippen molar-refractivity contribution >= 4 is 5.78 Å². The van der Waals surface area contributed by atoms with Crippen LogP contribution in [0.25, 0.3) is 5.73 Å². The molecule has 0 unspecified atom stereocenters. The Kier molecular flexibility index (Phi) is 149. The van der Waals surface area contributed by atoms with Gasteiger partial charge in [-0.2, -0.15) is 6.08 Å². The fraction of sp³-hybridized carbons (Fsp3) is 0.429. The molecular weight excluding hydrogens is 1020 g/mol. The number of hydrogen-bond acceptors (Lipinski definition) is 1. The molecule has 0 aliphatic rings. The van der Waals surface area contributed by atoms with Crippen LogP contribution in [0.4, 0.5) is 0 Å². The van der Waals surface area contributed by atoms with Gasteiger partial charge >= 0.3 is 0 Å². The maximum Gasteiger partial charge on any atom is 0.0732 e. The minimum atomic E-state index is -0.0245. The van der Waals surface area contributed by atoms with E-state index >= 15 is 0 Å². The van der Waals surface area contributed by atoms with Crippen molar-refractivity contribution in [2.45, 2.75) is 20.8 Å². The van der Waals surface area contributed by atoms with Gasteiger partial charge in [0.2, 0.25) is 0 Å². The molecule has 0 saturated carbocycles. The molecule has 0 aromatic carbocycles. The van der Waals surface area contributed by atoms with Gasteiger partial charge in [0, 0.05) is 40.8 Å². The number of hydrogen-bond donors (Lipinski definition) is 0. The summed E-state index contributed by atoms with van der Waals surface area (Å²) in [6, 6.07) is 0. The molecule has 0 saturated heterocycles. The van der Waals surface area contributed by atoms with E-state index in [-0.39, 0.29) is 46.6 Å². The summed E-state index contributed by atoms with van der Waals surface area (Å²) in [4.78, 5) is 10.0. The van der Waals surface area contributed by atoms with Gasteiger partial charge in [-0.1, -0.05) is 13.8 Å². The topological polar surface area (TPSA) is 40.9 Å². The fourth-order valence-electron chi connectivity index (χ4n) is 0.184.